The molecule has 2 rings (SSSR count). The van der Waals surface area contributed by atoms with E-state index in [1.807, 2.05) is 0 Å². The topological polar surface area (TPSA) is 91.5 Å². The first-order valence-electron chi connectivity index (χ1n) is 6.31. The number of carbonyl (C=O) groups excluding carboxylic acids is 1. The third-order valence-corrected chi connectivity index (χ3v) is 4.83. The van der Waals surface area contributed by atoms with Crippen LogP contribution in [0.25, 0.3) is 0 Å². The van der Waals surface area contributed by atoms with Crippen molar-refractivity contribution < 1.29 is 31.1 Å². The molecule has 1 aromatic heterocycles. The molecule has 124 valence electrons. The van der Waals surface area contributed by atoms with Crippen LogP contribution in [0.1, 0.15) is 10.5 Å². The van der Waals surface area contributed by atoms with Gasteiger partial charge in [-0.1, -0.05) is 0 Å². The fourth-order valence-corrected chi connectivity index (χ4v) is 3.27. The number of nitrogens with one attached hydrogen (secondary N) is 2. The largest absolute Gasteiger partial charge is 0.405 e. The Kier molecular flexibility index (Phi) is 4.78. The van der Waals surface area contributed by atoms with Gasteiger partial charge in [-0.3, -0.25) is 4.79 Å². The van der Waals surface area contributed by atoms with Gasteiger partial charge in [0.15, 0.2) is 0 Å². The number of aromatic nitrogens is 1. The molecule has 1 saturated heterocycles. The number of aromatic amines is 1. The van der Waals surface area contributed by atoms with Crippen molar-refractivity contribution in [3.8, 4) is 0 Å². The normalized spacial score (nSPS) is 17.4. The molecule has 2 heterocycles. The van der Waals surface area contributed by atoms with Gasteiger partial charge in [-0.05, 0) is 6.07 Å². The summed E-state index contributed by atoms with van der Waals surface area (Å²) in [4.78, 5) is 13.7. The SMILES string of the molecule is O=C(NCC(F)(F)F)c1cc(S(=O)(=O)N2CCOCC2)c[nH]1. The first kappa shape index (κ1) is 16.8. The number of halogens is 3. The molecule has 0 atom stereocenters. The zero-order chi connectivity index (χ0) is 16.4. The summed E-state index contributed by atoms with van der Waals surface area (Å²) in [5.41, 5.74) is -0.254. The molecule has 7 nitrogen and oxygen atoms in total. The molecule has 1 aromatic rings. The number of morpholine rings is 1. The lowest BCUT2D eigenvalue weighted by Gasteiger charge is -2.25. The number of hydrogen-bond donors (Lipinski definition) is 2. The first-order chi connectivity index (χ1) is 10.2. The number of carbonyl (C=O) groups is 1. The molecule has 22 heavy (non-hydrogen) atoms. The van der Waals surface area contributed by atoms with Gasteiger partial charge in [0.25, 0.3) is 5.91 Å². The molecule has 0 saturated carbocycles. The van der Waals surface area contributed by atoms with Crippen LogP contribution in [0.4, 0.5) is 13.2 Å². The Morgan fingerprint density at radius 2 is 2.00 bits per heavy atom. The Balaban J connectivity index is 2.08. The molecule has 1 fully saturated rings. The number of hydrogen-bond acceptors (Lipinski definition) is 4. The Morgan fingerprint density at radius 3 is 2.59 bits per heavy atom. The van der Waals surface area contributed by atoms with Gasteiger partial charge in [0.1, 0.15) is 17.1 Å². The fourth-order valence-electron chi connectivity index (χ4n) is 1.87. The molecule has 2 N–H and O–H groups in total. The highest BCUT2D eigenvalue weighted by Gasteiger charge is 2.30. The van der Waals surface area contributed by atoms with Gasteiger partial charge in [0, 0.05) is 19.3 Å². The lowest BCUT2D eigenvalue weighted by molar-refractivity contribution is -0.123. The number of sulfonamides is 1. The minimum Gasteiger partial charge on any atom is -0.379 e. The molecule has 0 bridgehead atoms. The van der Waals surface area contributed by atoms with E-state index in [1.54, 1.807) is 5.32 Å². The smallest absolute Gasteiger partial charge is 0.379 e. The minimum atomic E-state index is -4.54. The highest BCUT2D eigenvalue weighted by molar-refractivity contribution is 7.89. The van der Waals surface area contributed by atoms with Crippen LogP contribution in [-0.2, 0) is 14.8 Å². The third kappa shape index (κ3) is 3.99. The van der Waals surface area contributed by atoms with Crippen LogP contribution >= 0.6 is 0 Å². The van der Waals surface area contributed by atoms with Crippen LogP contribution in [0, 0.1) is 0 Å². The van der Waals surface area contributed by atoms with Crippen LogP contribution < -0.4 is 5.32 Å². The van der Waals surface area contributed by atoms with Gasteiger partial charge in [-0.25, -0.2) is 8.42 Å². The van der Waals surface area contributed by atoms with Crippen molar-refractivity contribution in [2.45, 2.75) is 11.1 Å². The van der Waals surface area contributed by atoms with Crippen molar-refractivity contribution >= 4 is 15.9 Å². The van der Waals surface area contributed by atoms with E-state index < -0.39 is 28.7 Å². The molecule has 0 radical (unpaired) electrons. The van der Waals surface area contributed by atoms with Gasteiger partial charge in [-0.2, -0.15) is 17.5 Å². The Bertz CT molecular complexity index is 635. The van der Waals surface area contributed by atoms with E-state index in [2.05, 4.69) is 4.98 Å². The summed E-state index contributed by atoms with van der Waals surface area (Å²) in [5, 5.41) is 1.66. The number of rotatable bonds is 4. The number of amides is 1. The molecule has 1 aliphatic heterocycles. The maximum Gasteiger partial charge on any atom is 0.405 e. The van der Waals surface area contributed by atoms with Crippen LogP contribution in [0.15, 0.2) is 17.2 Å². The summed E-state index contributed by atoms with van der Waals surface area (Å²) in [7, 11) is -3.80. The predicted octanol–water partition coefficient (Wildman–Crippen LogP) is 0.328. The van der Waals surface area contributed by atoms with Crippen LogP contribution in [0.3, 0.4) is 0 Å². The van der Waals surface area contributed by atoms with E-state index in [4.69, 9.17) is 4.74 Å². The minimum absolute atomic E-state index is 0.174. The standard InChI is InChI=1S/C11H14F3N3O4S/c12-11(13,14)7-16-10(18)9-5-8(6-15-9)22(19,20)17-1-3-21-4-2-17/h5-6,15H,1-4,7H2,(H,16,18). The van der Waals surface area contributed by atoms with Crippen molar-refractivity contribution in [1.82, 2.24) is 14.6 Å². The maximum atomic E-state index is 12.3. The second-order valence-electron chi connectivity index (χ2n) is 4.56. The van der Waals surface area contributed by atoms with Gasteiger partial charge in [0.05, 0.1) is 13.2 Å². The van der Waals surface area contributed by atoms with Gasteiger partial charge < -0.3 is 15.0 Å². The number of ether oxygens (including phenoxy) is 1. The Hall–Kier alpha value is -1.59. The van der Waals surface area contributed by atoms with E-state index in [-0.39, 0.29) is 36.9 Å². The quantitative estimate of drug-likeness (QED) is 0.825. The van der Waals surface area contributed by atoms with Gasteiger partial charge in [0.2, 0.25) is 10.0 Å². The maximum absolute atomic E-state index is 12.3. The molecular formula is C11H14F3N3O4S. The predicted molar refractivity (Wildman–Crippen MR) is 68.8 cm³/mol. The summed E-state index contributed by atoms with van der Waals surface area (Å²) >= 11 is 0. The third-order valence-electron chi connectivity index (χ3n) is 2.96. The molecule has 0 aromatic carbocycles. The molecule has 11 heteroatoms. The highest BCUT2D eigenvalue weighted by Crippen LogP contribution is 2.18. The number of H-pyrrole nitrogens is 1. The van der Waals surface area contributed by atoms with Crippen molar-refractivity contribution in [3.63, 3.8) is 0 Å². The van der Waals surface area contributed by atoms with E-state index in [9.17, 15) is 26.4 Å². The van der Waals surface area contributed by atoms with Gasteiger partial charge in [-0.15, -0.1) is 0 Å². The fraction of sp³-hybridized carbons (Fsp3) is 0.545. The summed E-state index contributed by atoms with van der Waals surface area (Å²) < 4.78 is 66.9. The van der Waals surface area contributed by atoms with Crippen molar-refractivity contribution in [3.05, 3.63) is 18.0 Å². The van der Waals surface area contributed by atoms with Crippen LogP contribution in [-0.4, -0.2) is 62.6 Å². The van der Waals surface area contributed by atoms with Gasteiger partial charge >= 0.3 is 6.18 Å². The van der Waals surface area contributed by atoms with Crippen LogP contribution in [0.2, 0.25) is 0 Å². The van der Waals surface area contributed by atoms with E-state index in [0.717, 1.165) is 12.3 Å². The van der Waals surface area contributed by atoms with Crippen molar-refractivity contribution in [1.29, 1.82) is 0 Å². The first-order valence-corrected chi connectivity index (χ1v) is 7.75. The lowest BCUT2D eigenvalue weighted by atomic mass is 10.4. The summed E-state index contributed by atoms with van der Waals surface area (Å²) in [5.74, 6) is -1.03. The monoisotopic (exact) mass is 341 g/mol. The molecule has 0 spiro atoms. The van der Waals surface area contributed by atoms with E-state index in [0.29, 0.717) is 0 Å². The lowest BCUT2D eigenvalue weighted by Crippen LogP contribution is -2.40. The molecule has 0 aliphatic carbocycles. The zero-order valence-electron chi connectivity index (χ0n) is 11.3. The average molecular weight is 341 g/mol. The number of alkyl halides is 3. The Labute approximate surface area is 124 Å². The summed E-state index contributed by atoms with van der Waals surface area (Å²) in [6.07, 6.45) is -3.46. The summed E-state index contributed by atoms with van der Waals surface area (Å²) in [6, 6.07) is 1.01. The second kappa shape index (κ2) is 6.26. The molecular weight excluding hydrogens is 327 g/mol. The second-order valence-corrected chi connectivity index (χ2v) is 6.50. The number of nitrogens with zero attached hydrogens (tertiary/aromatic N) is 1. The highest BCUT2D eigenvalue weighted by atomic mass is 32.2. The van der Waals surface area contributed by atoms with Crippen molar-refractivity contribution in [2.24, 2.45) is 0 Å². The van der Waals surface area contributed by atoms with Crippen molar-refractivity contribution in [2.75, 3.05) is 32.8 Å². The van der Waals surface area contributed by atoms with E-state index in [1.165, 1.54) is 4.31 Å². The molecule has 1 amide bonds. The zero-order valence-corrected chi connectivity index (χ0v) is 12.1. The van der Waals surface area contributed by atoms with E-state index >= 15 is 0 Å². The average Bonchev–Trinajstić information content (AvgIpc) is 2.95. The Morgan fingerprint density at radius 1 is 1.36 bits per heavy atom. The molecule has 1 aliphatic rings. The summed E-state index contributed by atoms with van der Waals surface area (Å²) in [6.45, 7) is -0.589. The molecule has 0 unspecified atom stereocenters. The van der Waals surface area contributed by atoms with Crippen LogP contribution in [0.5, 0.6) is 0 Å².